The number of rotatable bonds is 9. The van der Waals surface area contributed by atoms with Crippen molar-refractivity contribution in [2.75, 3.05) is 24.1 Å². The number of imidazole rings is 1. The van der Waals surface area contributed by atoms with Gasteiger partial charge in [0.05, 0.1) is 29.7 Å². The number of benzene rings is 2. The first-order chi connectivity index (χ1) is 17.7. The maximum atomic E-state index is 12.8. The van der Waals surface area contributed by atoms with Crippen molar-refractivity contribution in [1.29, 1.82) is 0 Å². The summed E-state index contributed by atoms with van der Waals surface area (Å²) in [6.07, 6.45) is -2.92. The van der Waals surface area contributed by atoms with Crippen LogP contribution in [0.4, 0.5) is 24.5 Å². The van der Waals surface area contributed by atoms with Crippen LogP contribution in [0.15, 0.2) is 54.7 Å². The van der Waals surface area contributed by atoms with Gasteiger partial charge in [-0.3, -0.25) is 4.79 Å². The van der Waals surface area contributed by atoms with Crippen LogP contribution in [-0.2, 0) is 0 Å². The van der Waals surface area contributed by atoms with Gasteiger partial charge in [-0.2, -0.15) is 13.2 Å². The molecule has 2 heterocycles. The molecule has 2 aromatic heterocycles. The first kappa shape index (κ1) is 25.8. The molecule has 194 valence electrons. The van der Waals surface area contributed by atoms with E-state index in [1.165, 1.54) is 10.6 Å². The number of carbonyl (C=O) groups is 1. The fourth-order valence-corrected chi connectivity index (χ4v) is 3.76. The number of aryl methyl sites for hydroxylation is 1. The highest BCUT2D eigenvalue weighted by atomic mass is 19.4. The number of alkyl halides is 3. The molecule has 0 aliphatic carbocycles. The van der Waals surface area contributed by atoms with E-state index in [-0.39, 0.29) is 18.3 Å². The molecule has 0 saturated carbocycles. The van der Waals surface area contributed by atoms with E-state index < -0.39 is 12.6 Å². The van der Waals surface area contributed by atoms with Crippen LogP contribution in [0.2, 0.25) is 0 Å². The summed E-state index contributed by atoms with van der Waals surface area (Å²) in [5.74, 6) is 0.316. The van der Waals surface area contributed by atoms with Crippen LogP contribution in [0.5, 0.6) is 11.6 Å². The second-order valence-electron chi connectivity index (χ2n) is 8.49. The topological polar surface area (TPSA) is 107 Å². The number of nitrogens with one attached hydrogen (secondary N) is 2. The van der Waals surface area contributed by atoms with Crippen LogP contribution < -0.4 is 21.1 Å². The van der Waals surface area contributed by atoms with Gasteiger partial charge in [-0.1, -0.05) is 25.1 Å². The Morgan fingerprint density at radius 3 is 2.62 bits per heavy atom. The molecule has 4 rings (SSSR count). The van der Waals surface area contributed by atoms with E-state index in [1.54, 1.807) is 42.6 Å². The smallest absolute Gasteiger partial charge is 0.390 e. The number of aromatic nitrogens is 3. The minimum absolute atomic E-state index is 0.117. The van der Waals surface area contributed by atoms with E-state index in [0.717, 1.165) is 17.5 Å². The average Bonchev–Trinajstić information content (AvgIpc) is 3.27. The Morgan fingerprint density at radius 1 is 1.14 bits per heavy atom. The van der Waals surface area contributed by atoms with Crippen molar-refractivity contribution in [2.45, 2.75) is 32.9 Å². The molecular formula is C26H27F3N6O2. The molecule has 0 atom stereocenters. The summed E-state index contributed by atoms with van der Waals surface area (Å²) in [6.45, 7) is 4.04. The number of carbonyl (C=O) groups excluding carboxylic acids is 1. The van der Waals surface area contributed by atoms with Crippen LogP contribution in [0, 0.1) is 6.92 Å². The molecule has 8 nitrogen and oxygen atoms in total. The van der Waals surface area contributed by atoms with Crippen molar-refractivity contribution in [3.63, 3.8) is 0 Å². The summed E-state index contributed by atoms with van der Waals surface area (Å²) in [5, 5.41) is 10.2. The predicted octanol–water partition coefficient (Wildman–Crippen LogP) is 5.58. The molecule has 0 fully saturated rings. The predicted molar refractivity (Wildman–Crippen MR) is 136 cm³/mol. The summed E-state index contributed by atoms with van der Waals surface area (Å²) in [5.41, 5.74) is 9.63. The molecular weight excluding hydrogens is 485 g/mol. The number of anilines is 2. The van der Waals surface area contributed by atoms with Gasteiger partial charge in [-0.05, 0) is 43.2 Å². The largest absolute Gasteiger partial charge is 0.435 e. The lowest BCUT2D eigenvalue weighted by molar-refractivity contribution is -0.131. The second-order valence-corrected chi connectivity index (χ2v) is 8.49. The zero-order valence-electron chi connectivity index (χ0n) is 20.4. The highest BCUT2D eigenvalue weighted by Gasteiger charge is 2.26. The molecule has 11 heteroatoms. The van der Waals surface area contributed by atoms with Crippen molar-refractivity contribution in [2.24, 2.45) is 0 Å². The summed E-state index contributed by atoms with van der Waals surface area (Å²) in [4.78, 5) is 16.8. The van der Waals surface area contributed by atoms with Gasteiger partial charge in [0.2, 0.25) is 5.88 Å². The van der Waals surface area contributed by atoms with Gasteiger partial charge in [0.15, 0.2) is 11.4 Å². The van der Waals surface area contributed by atoms with E-state index in [0.29, 0.717) is 40.6 Å². The molecule has 0 spiro atoms. The fraction of sp³-hybridized carbons (Fsp3) is 0.269. The number of nitrogen functional groups attached to an aromatic ring is 1. The number of nitrogens with zero attached hydrogens (tertiary/aromatic N) is 3. The Hall–Kier alpha value is -4.28. The Bertz CT molecular complexity index is 1420. The number of hydrogen-bond acceptors (Lipinski definition) is 6. The monoisotopic (exact) mass is 512 g/mol. The molecule has 37 heavy (non-hydrogen) atoms. The zero-order chi connectivity index (χ0) is 26.6. The molecule has 2 aromatic carbocycles. The van der Waals surface area contributed by atoms with Crippen LogP contribution >= 0.6 is 0 Å². The Balaban J connectivity index is 1.74. The number of halogens is 3. The van der Waals surface area contributed by atoms with Crippen molar-refractivity contribution in [1.82, 2.24) is 19.9 Å². The highest BCUT2D eigenvalue weighted by molar-refractivity contribution is 5.96. The number of fused-ring (bicyclic) bond motifs is 1. The van der Waals surface area contributed by atoms with Crippen molar-refractivity contribution >= 4 is 22.9 Å². The minimum Gasteiger partial charge on any atom is -0.435 e. The molecule has 0 saturated heterocycles. The number of amides is 1. The summed E-state index contributed by atoms with van der Waals surface area (Å²) >= 11 is 0. The molecule has 0 bridgehead atoms. The molecule has 0 aliphatic heterocycles. The number of hydrogen-bond donors (Lipinski definition) is 3. The average molecular weight is 513 g/mol. The normalized spacial score (nSPS) is 11.5. The van der Waals surface area contributed by atoms with Gasteiger partial charge >= 0.3 is 6.18 Å². The van der Waals surface area contributed by atoms with E-state index in [2.05, 4.69) is 20.7 Å². The third kappa shape index (κ3) is 6.11. The molecule has 0 unspecified atom stereocenters. The maximum Gasteiger partial charge on any atom is 0.390 e. The quantitative estimate of drug-likeness (QED) is 0.253. The van der Waals surface area contributed by atoms with Crippen LogP contribution in [0.3, 0.4) is 0 Å². The SMILES string of the molecule is CCCNC(=O)c1ccc(-c2cnc3c(NCCC(F)(F)F)cc(Oc4ccccc4N)nn23)cc1C. The van der Waals surface area contributed by atoms with Crippen molar-refractivity contribution in [3.8, 4) is 22.9 Å². The lowest BCUT2D eigenvalue weighted by atomic mass is 10.0. The standard InChI is InChI=1S/C26H27F3N6O2/c1-3-11-32-25(36)18-9-8-17(13-16(18)2)21-15-33-24-20(31-12-10-26(27,28)29)14-23(34-35(21)24)37-22-7-5-4-6-19(22)30/h4-9,13-15,31H,3,10-12,30H2,1-2H3,(H,32,36). The Labute approximate surface area is 211 Å². The Morgan fingerprint density at radius 2 is 1.92 bits per heavy atom. The molecule has 4 N–H and O–H groups in total. The second kappa shape index (κ2) is 10.8. The molecule has 0 radical (unpaired) electrons. The van der Waals surface area contributed by atoms with E-state index in [1.807, 2.05) is 19.9 Å². The summed E-state index contributed by atoms with van der Waals surface area (Å²) in [7, 11) is 0. The van der Waals surface area contributed by atoms with Gasteiger partial charge in [0.25, 0.3) is 5.91 Å². The van der Waals surface area contributed by atoms with Crippen LogP contribution in [-0.4, -0.2) is 39.8 Å². The molecule has 0 aliphatic rings. The molecule has 4 aromatic rings. The van der Waals surface area contributed by atoms with Crippen molar-refractivity contribution in [3.05, 3.63) is 65.9 Å². The number of para-hydroxylation sites is 2. The molecule has 1 amide bonds. The number of ether oxygens (including phenoxy) is 1. The van der Waals surface area contributed by atoms with Gasteiger partial charge in [-0.15, -0.1) is 5.10 Å². The van der Waals surface area contributed by atoms with Crippen LogP contribution in [0.1, 0.15) is 35.7 Å². The van der Waals surface area contributed by atoms with E-state index >= 15 is 0 Å². The van der Waals surface area contributed by atoms with Crippen LogP contribution in [0.25, 0.3) is 16.9 Å². The first-order valence-corrected chi connectivity index (χ1v) is 11.8. The minimum atomic E-state index is -4.31. The third-order valence-electron chi connectivity index (χ3n) is 5.61. The van der Waals surface area contributed by atoms with E-state index in [9.17, 15) is 18.0 Å². The van der Waals surface area contributed by atoms with Gasteiger partial charge in [0, 0.05) is 30.3 Å². The van der Waals surface area contributed by atoms with Gasteiger partial charge in [-0.25, -0.2) is 9.50 Å². The maximum absolute atomic E-state index is 12.8. The van der Waals surface area contributed by atoms with Gasteiger partial charge in [0.1, 0.15) is 0 Å². The fourth-order valence-electron chi connectivity index (χ4n) is 3.76. The number of nitrogens with two attached hydrogens (primary N) is 1. The third-order valence-corrected chi connectivity index (χ3v) is 5.61. The van der Waals surface area contributed by atoms with Gasteiger partial charge < -0.3 is 21.1 Å². The summed E-state index contributed by atoms with van der Waals surface area (Å²) in [6, 6.07) is 13.7. The summed E-state index contributed by atoms with van der Waals surface area (Å²) < 4.78 is 45.7. The lowest BCUT2D eigenvalue weighted by Gasteiger charge is -2.13. The lowest BCUT2D eigenvalue weighted by Crippen LogP contribution is -2.24. The zero-order valence-corrected chi connectivity index (χ0v) is 20.4. The Kier molecular flexibility index (Phi) is 7.51. The first-order valence-electron chi connectivity index (χ1n) is 11.8. The van der Waals surface area contributed by atoms with Crippen molar-refractivity contribution < 1.29 is 22.7 Å². The highest BCUT2D eigenvalue weighted by Crippen LogP contribution is 2.32. The van der Waals surface area contributed by atoms with E-state index in [4.69, 9.17) is 10.5 Å².